The van der Waals surface area contributed by atoms with E-state index in [0.29, 0.717) is 5.69 Å². The van der Waals surface area contributed by atoms with Crippen molar-refractivity contribution in [2.24, 2.45) is 0 Å². The van der Waals surface area contributed by atoms with Crippen LogP contribution in [0.3, 0.4) is 0 Å². The molecule has 0 aliphatic rings. The van der Waals surface area contributed by atoms with Crippen molar-refractivity contribution in [2.45, 2.75) is 25.5 Å². The van der Waals surface area contributed by atoms with Gasteiger partial charge in [0.2, 0.25) is 0 Å². The highest BCUT2D eigenvalue weighted by atomic mass is 32.2. The molecule has 0 aromatic heterocycles. The van der Waals surface area contributed by atoms with Crippen LogP contribution in [0.1, 0.15) is 20.8 Å². The van der Waals surface area contributed by atoms with Crippen molar-refractivity contribution in [3.63, 3.8) is 0 Å². The Hall–Kier alpha value is -1.87. The summed E-state index contributed by atoms with van der Waals surface area (Å²) < 4.78 is 35.8. The molecule has 0 saturated heterocycles. The normalized spacial score (nSPS) is 12.9. The number of sulfone groups is 1. The van der Waals surface area contributed by atoms with Gasteiger partial charge in [-0.05, 0) is 45.0 Å². The molecule has 1 aromatic carbocycles. The van der Waals surface area contributed by atoms with Crippen LogP contribution in [0.4, 0.5) is 10.1 Å². The van der Waals surface area contributed by atoms with Gasteiger partial charge in [-0.2, -0.15) is 5.26 Å². The molecule has 0 aliphatic carbocycles. The van der Waals surface area contributed by atoms with Crippen molar-refractivity contribution in [1.29, 1.82) is 5.26 Å². The maximum absolute atomic E-state index is 12.7. The zero-order valence-electron chi connectivity index (χ0n) is 10.9. The van der Waals surface area contributed by atoms with E-state index < -0.39 is 20.4 Å². The highest BCUT2D eigenvalue weighted by Crippen LogP contribution is 2.23. The van der Waals surface area contributed by atoms with Gasteiger partial charge < -0.3 is 5.32 Å². The van der Waals surface area contributed by atoms with Crippen LogP contribution < -0.4 is 5.32 Å². The lowest BCUT2D eigenvalue weighted by Crippen LogP contribution is -2.29. The number of benzene rings is 1. The smallest absolute Gasteiger partial charge is 0.194 e. The summed E-state index contributed by atoms with van der Waals surface area (Å²) in [6, 6.07) is 7.04. The van der Waals surface area contributed by atoms with Gasteiger partial charge in [0.25, 0.3) is 0 Å². The first-order valence-electron chi connectivity index (χ1n) is 5.55. The molecule has 4 nitrogen and oxygen atoms in total. The number of halogens is 1. The highest BCUT2D eigenvalue weighted by molar-refractivity contribution is 7.96. The quantitative estimate of drug-likeness (QED) is 0.865. The first-order valence-corrected chi connectivity index (χ1v) is 7.04. The molecular formula is C13H15FN2O2S. The molecule has 0 saturated carbocycles. The number of allylic oxidation sites excluding steroid dienone is 1. The van der Waals surface area contributed by atoms with E-state index in [4.69, 9.17) is 5.26 Å². The van der Waals surface area contributed by atoms with Gasteiger partial charge in [-0.3, -0.25) is 0 Å². The Balaban J connectivity index is 3.03. The molecule has 102 valence electrons. The molecule has 0 atom stereocenters. The molecule has 0 bridgehead atoms. The summed E-state index contributed by atoms with van der Waals surface area (Å²) in [4.78, 5) is -0.357. The molecule has 0 heterocycles. The fourth-order valence-electron chi connectivity index (χ4n) is 1.19. The fraction of sp³-hybridized carbons (Fsp3) is 0.308. The van der Waals surface area contributed by atoms with Gasteiger partial charge in [-0.1, -0.05) is 0 Å². The van der Waals surface area contributed by atoms with Gasteiger partial charge in [0, 0.05) is 11.9 Å². The van der Waals surface area contributed by atoms with E-state index in [1.165, 1.54) is 45.0 Å². The minimum absolute atomic E-state index is 0.357. The Morgan fingerprint density at radius 3 is 2.26 bits per heavy atom. The number of hydrogen-bond acceptors (Lipinski definition) is 4. The van der Waals surface area contributed by atoms with Crippen LogP contribution in [0.2, 0.25) is 0 Å². The van der Waals surface area contributed by atoms with Crippen LogP contribution in [0.15, 0.2) is 35.4 Å². The number of anilines is 1. The molecule has 19 heavy (non-hydrogen) atoms. The zero-order chi connectivity index (χ0) is 14.7. The Kier molecular flexibility index (Phi) is 4.32. The number of rotatable bonds is 3. The molecule has 6 heteroatoms. The van der Waals surface area contributed by atoms with E-state index >= 15 is 0 Å². The van der Waals surface area contributed by atoms with Crippen LogP contribution in [-0.4, -0.2) is 13.2 Å². The molecule has 0 aliphatic heterocycles. The molecule has 0 spiro atoms. The fourth-order valence-corrected chi connectivity index (χ4v) is 2.19. The second-order valence-electron chi connectivity index (χ2n) is 4.89. The van der Waals surface area contributed by atoms with Crippen LogP contribution in [0, 0.1) is 17.1 Å². The van der Waals surface area contributed by atoms with Crippen molar-refractivity contribution in [1.82, 2.24) is 0 Å². The summed E-state index contributed by atoms with van der Waals surface area (Å²) in [6.45, 7) is 4.56. The summed E-state index contributed by atoms with van der Waals surface area (Å²) in [5.74, 6) is -0.391. The van der Waals surface area contributed by atoms with Crippen molar-refractivity contribution < 1.29 is 12.8 Å². The van der Waals surface area contributed by atoms with Crippen LogP contribution >= 0.6 is 0 Å². The Morgan fingerprint density at radius 2 is 1.84 bits per heavy atom. The average molecular weight is 282 g/mol. The van der Waals surface area contributed by atoms with E-state index in [-0.39, 0.29) is 4.91 Å². The minimum Gasteiger partial charge on any atom is -0.360 e. The van der Waals surface area contributed by atoms with Gasteiger partial charge in [0.1, 0.15) is 11.9 Å². The predicted octanol–water partition coefficient (Wildman–Crippen LogP) is 2.82. The van der Waals surface area contributed by atoms with Crippen molar-refractivity contribution in [3.05, 3.63) is 41.2 Å². The molecule has 0 radical (unpaired) electrons. The maximum Gasteiger partial charge on any atom is 0.194 e. The summed E-state index contributed by atoms with van der Waals surface area (Å²) in [7, 11) is -3.70. The lowest BCUT2D eigenvalue weighted by molar-refractivity contribution is 0.568. The lowest BCUT2D eigenvalue weighted by Gasteiger charge is -2.18. The first-order chi connectivity index (χ1) is 8.68. The predicted molar refractivity (Wildman–Crippen MR) is 72.4 cm³/mol. The van der Waals surface area contributed by atoms with Crippen molar-refractivity contribution in [3.8, 4) is 6.07 Å². The van der Waals surface area contributed by atoms with Crippen molar-refractivity contribution in [2.75, 3.05) is 5.32 Å². The van der Waals surface area contributed by atoms with Crippen LogP contribution in [0.25, 0.3) is 0 Å². The molecule has 1 aromatic rings. The highest BCUT2D eigenvalue weighted by Gasteiger charge is 2.33. The molecule has 0 unspecified atom stereocenters. The SMILES string of the molecule is CC(C)(C)S(=O)(=O)/C(C#N)=C\Nc1ccc(F)cc1. The third-order valence-corrected chi connectivity index (χ3v) is 4.82. The van der Waals surface area contributed by atoms with Crippen molar-refractivity contribution >= 4 is 15.5 Å². The average Bonchev–Trinajstić information content (AvgIpc) is 2.30. The van der Waals surface area contributed by atoms with E-state index in [1.807, 2.05) is 0 Å². The third kappa shape index (κ3) is 3.55. The third-order valence-electron chi connectivity index (χ3n) is 2.42. The van der Waals surface area contributed by atoms with Gasteiger partial charge in [-0.25, -0.2) is 12.8 Å². The standard InChI is InChI=1S/C13H15FN2O2S/c1-13(2,3)19(17,18)12(8-15)9-16-11-6-4-10(14)5-7-11/h4-7,9,16H,1-3H3/b12-9-. The van der Waals surface area contributed by atoms with Gasteiger partial charge >= 0.3 is 0 Å². The summed E-state index contributed by atoms with van der Waals surface area (Å²) in [5, 5.41) is 11.6. The minimum atomic E-state index is -3.70. The second kappa shape index (κ2) is 5.41. The second-order valence-corrected chi connectivity index (χ2v) is 7.56. The number of hydrogen-bond donors (Lipinski definition) is 1. The topological polar surface area (TPSA) is 70.0 Å². The summed E-state index contributed by atoms with van der Waals surface area (Å²) >= 11 is 0. The number of nitrogens with one attached hydrogen (secondary N) is 1. The summed E-state index contributed by atoms with van der Waals surface area (Å²) in [5.41, 5.74) is 0.498. The molecule has 0 fully saturated rings. The van der Waals surface area contributed by atoms with E-state index in [9.17, 15) is 12.8 Å². The Morgan fingerprint density at radius 1 is 1.32 bits per heavy atom. The van der Waals surface area contributed by atoms with Gasteiger partial charge in [-0.15, -0.1) is 0 Å². The maximum atomic E-state index is 12.7. The lowest BCUT2D eigenvalue weighted by atomic mass is 10.3. The van der Waals surface area contributed by atoms with Gasteiger partial charge in [0.05, 0.1) is 4.75 Å². The molecule has 1 rings (SSSR count). The Labute approximate surface area is 112 Å². The first kappa shape index (κ1) is 15.2. The zero-order valence-corrected chi connectivity index (χ0v) is 11.8. The number of nitrogens with zero attached hydrogens (tertiary/aromatic N) is 1. The Bertz CT molecular complexity index is 620. The van der Waals surface area contributed by atoms with Gasteiger partial charge in [0.15, 0.2) is 14.7 Å². The van der Waals surface area contributed by atoms with E-state index in [1.54, 1.807) is 6.07 Å². The number of nitriles is 1. The molecule has 0 amide bonds. The largest absolute Gasteiger partial charge is 0.360 e. The molecular weight excluding hydrogens is 267 g/mol. The van der Waals surface area contributed by atoms with Crippen LogP contribution in [0.5, 0.6) is 0 Å². The van der Waals surface area contributed by atoms with E-state index in [2.05, 4.69) is 5.32 Å². The molecule has 1 N–H and O–H groups in total. The monoisotopic (exact) mass is 282 g/mol. The summed E-state index contributed by atoms with van der Waals surface area (Å²) in [6.07, 6.45) is 1.12. The van der Waals surface area contributed by atoms with Crippen LogP contribution in [-0.2, 0) is 9.84 Å². The van der Waals surface area contributed by atoms with E-state index in [0.717, 1.165) is 6.20 Å².